The molecule has 5 nitrogen and oxygen atoms in total. The van der Waals surface area contributed by atoms with Crippen molar-refractivity contribution in [2.45, 2.75) is 51.6 Å². The van der Waals surface area contributed by atoms with E-state index in [0.717, 1.165) is 56.5 Å². The summed E-state index contributed by atoms with van der Waals surface area (Å²) in [5.41, 5.74) is 0. The summed E-state index contributed by atoms with van der Waals surface area (Å²) in [7, 11) is 0. The molecule has 1 atom stereocenters. The van der Waals surface area contributed by atoms with Crippen LogP contribution in [0.5, 0.6) is 0 Å². The summed E-state index contributed by atoms with van der Waals surface area (Å²) in [6, 6.07) is 2.10. The van der Waals surface area contributed by atoms with Gasteiger partial charge < -0.3 is 15.0 Å². The summed E-state index contributed by atoms with van der Waals surface area (Å²) in [6.07, 6.45) is 4.95. The zero-order valence-corrected chi connectivity index (χ0v) is 13.1. The van der Waals surface area contributed by atoms with E-state index in [1.165, 1.54) is 12.8 Å². The Morgan fingerprint density at radius 2 is 2.19 bits per heavy atom. The average Bonchev–Trinajstić information content (AvgIpc) is 3.37. The second-order valence-corrected chi connectivity index (χ2v) is 6.02. The SMILES string of the molecule is CCCNc1cc(N2CCOC(CC)C2)nc(C2CC2)n1. The molecular weight excluding hydrogens is 264 g/mol. The minimum absolute atomic E-state index is 0.324. The highest BCUT2D eigenvalue weighted by atomic mass is 16.5. The zero-order valence-electron chi connectivity index (χ0n) is 13.1. The lowest BCUT2D eigenvalue weighted by Gasteiger charge is -2.33. The van der Waals surface area contributed by atoms with Gasteiger partial charge in [0.15, 0.2) is 0 Å². The van der Waals surface area contributed by atoms with Crippen molar-refractivity contribution in [2.75, 3.05) is 36.5 Å². The normalized spacial score (nSPS) is 22.4. The molecular formula is C16H26N4O. The number of hydrogen-bond donors (Lipinski definition) is 1. The summed E-state index contributed by atoms with van der Waals surface area (Å²) in [6.45, 7) is 7.96. The van der Waals surface area contributed by atoms with Gasteiger partial charge in [0, 0.05) is 31.6 Å². The van der Waals surface area contributed by atoms with E-state index in [-0.39, 0.29) is 0 Å². The third kappa shape index (κ3) is 3.64. The molecule has 1 unspecified atom stereocenters. The van der Waals surface area contributed by atoms with E-state index in [1.807, 2.05) is 0 Å². The van der Waals surface area contributed by atoms with E-state index >= 15 is 0 Å². The smallest absolute Gasteiger partial charge is 0.136 e. The molecule has 2 aliphatic rings. The Hall–Kier alpha value is -1.36. The van der Waals surface area contributed by atoms with Gasteiger partial charge >= 0.3 is 0 Å². The number of ether oxygens (including phenoxy) is 1. The minimum Gasteiger partial charge on any atom is -0.375 e. The van der Waals surface area contributed by atoms with Crippen molar-refractivity contribution >= 4 is 11.6 Å². The Morgan fingerprint density at radius 3 is 2.90 bits per heavy atom. The Labute approximate surface area is 127 Å². The predicted molar refractivity (Wildman–Crippen MR) is 85.0 cm³/mol. The lowest BCUT2D eigenvalue weighted by molar-refractivity contribution is 0.0381. The first kappa shape index (κ1) is 14.6. The summed E-state index contributed by atoms with van der Waals surface area (Å²) < 4.78 is 5.76. The van der Waals surface area contributed by atoms with Crippen molar-refractivity contribution in [3.05, 3.63) is 11.9 Å². The van der Waals surface area contributed by atoms with E-state index in [0.29, 0.717) is 12.0 Å². The van der Waals surface area contributed by atoms with Gasteiger partial charge in [0.2, 0.25) is 0 Å². The molecule has 1 saturated carbocycles. The quantitative estimate of drug-likeness (QED) is 0.873. The molecule has 1 saturated heterocycles. The van der Waals surface area contributed by atoms with Gasteiger partial charge in [-0.2, -0.15) is 0 Å². The van der Waals surface area contributed by atoms with Gasteiger partial charge in [-0.15, -0.1) is 0 Å². The van der Waals surface area contributed by atoms with Crippen molar-refractivity contribution in [2.24, 2.45) is 0 Å². The first-order valence-electron chi connectivity index (χ1n) is 8.29. The molecule has 1 aromatic rings. The van der Waals surface area contributed by atoms with Crippen LogP contribution in [0.15, 0.2) is 6.07 Å². The molecule has 1 aliphatic heterocycles. The zero-order chi connectivity index (χ0) is 14.7. The molecule has 0 radical (unpaired) electrons. The Bertz CT molecular complexity index is 475. The van der Waals surface area contributed by atoms with Crippen molar-refractivity contribution in [1.29, 1.82) is 0 Å². The number of hydrogen-bond acceptors (Lipinski definition) is 5. The molecule has 5 heteroatoms. The standard InChI is InChI=1S/C16H26N4O/c1-3-7-17-14-10-15(19-16(18-14)12-5-6-12)20-8-9-21-13(4-2)11-20/h10,12-13H,3-9,11H2,1-2H3,(H,17,18,19). The molecule has 0 spiro atoms. The van der Waals surface area contributed by atoms with Crippen LogP contribution in [0.4, 0.5) is 11.6 Å². The fourth-order valence-corrected chi connectivity index (χ4v) is 2.66. The molecule has 1 N–H and O–H groups in total. The molecule has 0 aromatic carbocycles. The highest BCUT2D eigenvalue weighted by molar-refractivity contribution is 5.50. The maximum Gasteiger partial charge on any atom is 0.136 e. The van der Waals surface area contributed by atoms with E-state index in [1.54, 1.807) is 0 Å². The third-order valence-electron chi connectivity index (χ3n) is 4.15. The monoisotopic (exact) mass is 290 g/mol. The Morgan fingerprint density at radius 1 is 1.33 bits per heavy atom. The number of nitrogens with one attached hydrogen (secondary N) is 1. The third-order valence-corrected chi connectivity index (χ3v) is 4.15. The van der Waals surface area contributed by atoms with E-state index < -0.39 is 0 Å². The van der Waals surface area contributed by atoms with Gasteiger partial charge in [-0.3, -0.25) is 0 Å². The second-order valence-electron chi connectivity index (χ2n) is 6.02. The molecule has 1 aliphatic carbocycles. The van der Waals surface area contributed by atoms with Crippen LogP contribution < -0.4 is 10.2 Å². The second kappa shape index (κ2) is 6.60. The van der Waals surface area contributed by atoms with Crippen LogP contribution in [-0.2, 0) is 4.74 Å². The summed E-state index contributed by atoms with van der Waals surface area (Å²) in [5.74, 6) is 3.64. The first-order chi connectivity index (χ1) is 10.3. The Kier molecular flexibility index (Phi) is 4.58. The van der Waals surface area contributed by atoms with Crippen LogP contribution in [0, 0.1) is 0 Å². The maximum absolute atomic E-state index is 5.76. The van der Waals surface area contributed by atoms with Gasteiger partial charge in [0.05, 0.1) is 12.7 Å². The largest absolute Gasteiger partial charge is 0.375 e. The Balaban J connectivity index is 1.80. The van der Waals surface area contributed by atoms with Crippen molar-refractivity contribution in [3.8, 4) is 0 Å². The molecule has 0 amide bonds. The van der Waals surface area contributed by atoms with Gasteiger partial charge in [0.25, 0.3) is 0 Å². The number of nitrogens with zero attached hydrogens (tertiary/aromatic N) is 3. The van der Waals surface area contributed by atoms with Gasteiger partial charge in [-0.05, 0) is 25.7 Å². The first-order valence-corrected chi connectivity index (χ1v) is 8.29. The van der Waals surface area contributed by atoms with E-state index in [2.05, 4.69) is 35.1 Å². The molecule has 116 valence electrons. The van der Waals surface area contributed by atoms with Crippen LogP contribution in [-0.4, -0.2) is 42.3 Å². The molecule has 21 heavy (non-hydrogen) atoms. The van der Waals surface area contributed by atoms with Crippen LogP contribution >= 0.6 is 0 Å². The topological polar surface area (TPSA) is 50.3 Å². The number of anilines is 2. The molecule has 3 rings (SSSR count). The van der Waals surface area contributed by atoms with Crippen molar-refractivity contribution in [1.82, 2.24) is 9.97 Å². The van der Waals surface area contributed by atoms with E-state index in [4.69, 9.17) is 9.72 Å². The molecule has 2 heterocycles. The summed E-state index contributed by atoms with van der Waals surface area (Å²) >= 11 is 0. The minimum atomic E-state index is 0.324. The number of rotatable bonds is 6. The number of aromatic nitrogens is 2. The molecule has 2 fully saturated rings. The van der Waals surface area contributed by atoms with E-state index in [9.17, 15) is 0 Å². The van der Waals surface area contributed by atoms with Crippen LogP contribution in [0.2, 0.25) is 0 Å². The van der Waals surface area contributed by atoms with Crippen LogP contribution in [0.3, 0.4) is 0 Å². The van der Waals surface area contributed by atoms with Crippen molar-refractivity contribution in [3.63, 3.8) is 0 Å². The lowest BCUT2D eigenvalue weighted by Crippen LogP contribution is -2.42. The summed E-state index contributed by atoms with van der Waals surface area (Å²) in [4.78, 5) is 11.9. The highest BCUT2D eigenvalue weighted by Crippen LogP contribution is 2.39. The number of morpholine rings is 1. The van der Waals surface area contributed by atoms with Crippen molar-refractivity contribution < 1.29 is 4.74 Å². The van der Waals surface area contributed by atoms with Gasteiger partial charge in [-0.1, -0.05) is 13.8 Å². The predicted octanol–water partition coefficient (Wildman–Crippen LogP) is 2.79. The molecule has 0 bridgehead atoms. The highest BCUT2D eigenvalue weighted by Gasteiger charge is 2.29. The lowest BCUT2D eigenvalue weighted by atomic mass is 10.2. The fourth-order valence-electron chi connectivity index (χ4n) is 2.66. The summed E-state index contributed by atoms with van der Waals surface area (Å²) in [5, 5.41) is 3.41. The van der Waals surface area contributed by atoms with Crippen LogP contribution in [0.25, 0.3) is 0 Å². The molecule has 1 aromatic heterocycles. The van der Waals surface area contributed by atoms with Gasteiger partial charge in [0.1, 0.15) is 17.5 Å². The van der Waals surface area contributed by atoms with Crippen LogP contribution in [0.1, 0.15) is 51.3 Å². The average molecular weight is 290 g/mol. The van der Waals surface area contributed by atoms with Gasteiger partial charge in [-0.25, -0.2) is 9.97 Å². The maximum atomic E-state index is 5.76. The fraction of sp³-hybridized carbons (Fsp3) is 0.750.